The van der Waals surface area contributed by atoms with Gasteiger partial charge in [0, 0.05) is 101 Å². The molecule has 0 bridgehead atoms. The van der Waals surface area contributed by atoms with E-state index in [1.54, 1.807) is 12.1 Å². The van der Waals surface area contributed by atoms with Crippen molar-refractivity contribution in [1.82, 2.24) is 62.5 Å². The number of hydrogen-bond donors (Lipinski definition) is 12. The minimum atomic E-state index is -4.55. The summed E-state index contributed by atoms with van der Waals surface area (Å²) in [6.07, 6.45) is -27.8. The predicted molar refractivity (Wildman–Crippen MR) is 322 cm³/mol. The molecule has 4 aromatic heterocycles. The fourth-order valence-electron chi connectivity index (χ4n) is 7.80. The summed E-state index contributed by atoms with van der Waals surface area (Å²) in [5, 5.41) is 58.1. The number of aromatic nitrogens is 4. The first-order valence-corrected chi connectivity index (χ1v) is 30.3. The van der Waals surface area contributed by atoms with Crippen LogP contribution in [0.5, 0.6) is 23.5 Å². The van der Waals surface area contributed by atoms with Gasteiger partial charge < -0.3 is 81.9 Å². The predicted octanol–water partition coefficient (Wildman–Crippen LogP) is 9.51. The Morgan fingerprint density at radius 3 is 0.755 bits per heavy atom. The van der Waals surface area contributed by atoms with Crippen molar-refractivity contribution in [3.8, 4) is 23.5 Å². The van der Waals surface area contributed by atoms with Crippen molar-refractivity contribution in [2.45, 2.75) is 155 Å². The zero-order valence-electron chi connectivity index (χ0n) is 55.2. The minimum absolute atomic E-state index is 0.0857. The molecule has 0 spiro atoms. The molecule has 4 aromatic rings. The molecule has 0 radical (unpaired) electrons. The van der Waals surface area contributed by atoms with Gasteiger partial charge in [-0.25, -0.2) is 39.1 Å². The van der Waals surface area contributed by atoms with Gasteiger partial charge in [0.05, 0.1) is 35.2 Å². The molecular formula is C60H78F18N12O12. The molecule has 2 unspecified atom stereocenters. The van der Waals surface area contributed by atoms with E-state index in [-0.39, 0.29) is 99.3 Å². The Morgan fingerprint density at radius 2 is 0.578 bits per heavy atom. The maximum Gasteiger partial charge on any atom is 0.422 e. The molecule has 0 aromatic carbocycles. The summed E-state index contributed by atoms with van der Waals surface area (Å²) in [5.41, 5.74) is -3.25. The summed E-state index contributed by atoms with van der Waals surface area (Å²) < 4.78 is 240. The van der Waals surface area contributed by atoms with E-state index in [4.69, 9.17) is 0 Å². The third-order valence-electron chi connectivity index (χ3n) is 14.3. The molecule has 0 saturated heterocycles. The van der Waals surface area contributed by atoms with Gasteiger partial charge in [0.2, 0.25) is 23.5 Å². The van der Waals surface area contributed by atoms with Gasteiger partial charge >= 0.3 is 61.2 Å². The van der Waals surface area contributed by atoms with E-state index in [1.807, 2.05) is 41.5 Å². The quantitative estimate of drug-likeness (QED) is 0.0260. The highest BCUT2D eigenvalue weighted by atomic mass is 19.4. The summed E-state index contributed by atoms with van der Waals surface area (Å²) in [4.78, 5) is 61.2. The zero-order valence-corrected chi connectivity index (χ0v) is 55.2. The Balaban J connectivity index is 0.000000354. The number of alkyl halides is 18. The van der Waals surface area contributed by atoms with Crippen molar-refractivity contribution in [1.29, 1.82) is 0 Å². The number of aliphatic hydroxyl groups is 4. The summed E-state index contributed by atoms with van der Waals surface area (Å²) in [5.74, 6) is -0.919. The van der Waals surface area contributed by atoms with Crippen molar-refractivity contribution in [3.05, 3.63) is 95.6 Å². The molecule has 8 amide bonds. The van der Waals surface area contributed by atoms with Gasteiger partial charge in [-0.15, -0.1) is 0 Å². The van der Waals surface area contributed by atoms with Crippen LogP contribution in [-0.2, 0) is 26.2 Å². The molecule has 2 aliphatic rings. The molecule has 12 N–H and O–H groups in total. The van der Waals surface area contributed by atoms with E-state index in [0.29, 0.717) is 22.3 Å². The number of nitrogens with zero attached hydrogens (tertiary/aromatic N) is 4. The minimum Gasteiger partial charge on any atom is -0.468 e. The topological polar surface area (TPSA) is 334 Å². The lowest BCUT2D eigenvalue weighted by atomic mass is 9.89. The summed E-state index contributed by atoms with van der Waals surface area (Å²) in [6, 6.07) is 8.27. The molecule has 2 aliphatic carbocycles. The molecule has 2 fully saturated rings. The van der Waals surface area contributed by atoms with Crippen LogP contribution < -0.4 is 61.5 Å². The Morgan fingerprint density at radius 1 is 0.373 bits per heavy atom. The van der Waals surface area contributed by atoms with Gasteiger partial charge in [-0.2, -0.15) is 79.0 Å². The van der Waals surface area contributed by atoms with Gasteiger partial charge in [0.1, 0.15) is 0 Å². The van der Waals surface area contributed by atoms with Gasteiger partial charge in [0.25, 0.3) is 0 Å². The van der Waals surface area contributed by atoms with E-state index >= 15 is 0 Å². The third kappa shape index (κ3) is 34.4. The highest BCUT2D eigenvalue weighted by molar-refractivity contribution is 5.75. The van der Waals surface area contributed by atoms with Crippen LogP contribution in [0.15, 0.2) is 73.3 Å². The molecular weight excluding hydrogens is 1420 g/mol. The number of urea groups is 4. The van der Waals surface area contributed by atoms with Crippen molar-refractivity contribution < 1.29 is 138 Å². The molecule has 0 aliphatic heterocycles. The van der Waals surface area contributed by atoms with Crippen LogP contribution in [0.4, 0.5) is 98.2 Å². The van der Waals surface area contributed by atoms with Gasteiger partial charge in [-0.1, -0.05) is 41.5 Å². The first-order chi connectivity index (χ1) is 46.8. The SMILES string of the molecule is CC(C)(C)C(O)CNC(=O)NCc1ccnc(OCC(F)(F)F)c1.CC(C)(C)[C@@H](O)CNC(=O)NCc1ccnc(OCC(F)(F)F)c1.O=C(NCc1ccnc(OCC(F)(F)F)c1)NCC(O)C1(C(F)(F)F)CC1.O=C(NCc1ccnc(OCC(F)(F)F)c1)NC[C@H](O)C1(C(F)(F)F)CC1. The first kappa shape index (κ1) is 87.7. The fraction of sp³-hybridized carbons (Fsp3) is 0.600. The molecule has 4 heterocycles. The van der Waals surface area contributed by atoms with Crippen molar-refractivity contribution in [2.75, 3.05) is 52.6 Å². The monoisotopic (exact) mass is 1500 g/mol. The second-order valence-corrected chi connectivity index (χ2v) is 25.0. The molecule has 42 heteroatoms. The molecule has 6 rings (SSSR count). The smallest absolute Gasteiger partial charge is 0.422 e. The van der Waals surface area contributed by atoms with Gasteiger partial charge in [-0.3, -0.25) is 0 Å². The van der Waals surface area contributed by atoms with Crippen molar-refractivity contribution in [3.63, 3.8) is 0 Å². The number of carbonyl (C=O) groups excluding carboxylic acids is 4. The Kier molecular flexibility index (Phi) is 32.3. The van der Waals surface area contributed by atoms with Crippen LogP contribution in [0.2, 0.25) is 0 Å². The number of carbonyl (C=O) groups is 4. The lowest BCUT2D eigenvalue weighted by molar-refractivity contribution is -0.213. The normalized spacial score (nSPS) is 15.3. The number of pyridine rings is 4. The lowest BCUT2D eigenvalue weighted by Gasteiger charge is -2.25. The Hall–Kier alpha value is -8.54. The Bertz CT molecular complexity index is 3040. The first-order valence-electron chi connectivity index (χ1n) is 30.3. The van der Waals surface area contributed by atoms with Crippen LogP contribution >= 0.6 is 0 Å². The van der Waals surface area contributed by atoms with Gasteiger partial charge in [-0.05, 0) is 83.0 Å². The van der Waals surface area contributed by atoms with Crippen LogP contribution in [0.1, 0.15) is 89.5 Å². The van der Waals surface area contributed by atoms with Gasteiger partial charge in [0.15, 0.2) is 26.4 Å². The fourth-order valence-corrected chi connectivity index (χ4v) is 7.80. The van der Waals surface area contributed by atoms with Crippen LogP contribution in [0.25, 0.3) is 0 Å². The lowest BCUT2D eigenvalue weighted by Crippen LogP contribution is -2.46. The summed E-state index contributed by atoms with van der Waals surface area (Å²) >= 11 is 0. The van der Waals surface area contributed by atoms with Crippen molar-refractivity contribution in [2.24, 2.45) is 21.7 Å². The Labute approximate surface area is 571 Å². The second-order valence-electron chi connectivity index (χ2n) is 25.0. The maximum atomic E-state index is 12.8. The third-order valence-corrected chi connectivity index (χ3v) is 14.3. The molecule has 24 nitrogen and oxygen atoms in total. The standard InChI is InChI=1S/2C15H17F6N3O3.2C15H22F3N3O3/c2*16-14(17,18)8-27-11-5-9(1-4-22-11)6-23-12(26)24-7-10(25)13(2-3-13)15(19,20)21;2*1-14(2,3)11(22)8-21-13(23)20-7-10-4-5-19-12(6-10)24-9-15(16,17)18/h2*1,4-5,10,25H,2-3,6-8H2,(H2,23,24,26);2*4-6,11,22H,7-9H2,1-3H3,(H2,20,21,23)/t10-;;11-;/m0.0./s1. The highest BCUT2D eigenvalue weighted by Crippen LogP contribution is 2.60. The summed E-state index contributed by atoms with van der Waals surface area (Å²) in [7, 11) is 0. The van der Waals surface area contributed by atoms with Crippen LogP contribution in [0, 0.1) is 21.7 Å². The molecule has 2 saturated carbocycles. The van der Waals surface area contributed by atoms with E-state index in [0.717, 1.165) is 0 Å². The highest BCUT2D eigenvalue weighted by Gasteiger charge is 2.68. The van der Waals surface area contributed by atoms with Crippen LogP contribution in [0.3, 0.4) is 0 Å². The number of ether oxygens (including phenoxy) is 4. The number of nitrogens with one attached hydrogen (secondary N) is 8. The summed E-state index contributed by atoms with van der Waals surface area (Å²) in [6.45, 7) is 4.10. The van der Waals surface area contributed by atoms with E-state index < -0.39 is 136 Å². The van der Waals surface area contributed by atoms with E-state index in [2.05, 4.69) is 81.4 Å². The number of amides is 8. The number of aliphatic hydroxyl groups excluding tert-OH is 4. The van der Waals surface area contributed by atoms with E-state index in [9.17, 15) is 119 Å². The zero-order chi connectivity index (χ0) is 77.4. The second kappa shape index (κ2) is 37.6. The average molecular weight is 1500 g/mol. The average Bonchev–Trinajstić information content (AvgIpc) is 1.60. The van der Waals surface area contributed by atoms with E-state index in [1.165, 1.54) is 61.2 Å². The number of hydrogen-bond acceptors (Lipinski definition) is 16. The largest absolute Gasteiger partial charge is 0.468 e. The number of halogens is 18. The molecule has 102 heavy (non-hydrogen) atoms. The van der Waals surface area contributed by atoms with Crippen molar-refractivity contribution >= 4 is 24.1 Å². The molecule has 576 valence electrons. The number of rotatable bonds is 26. The maximum absolute atomic E-state index is 12.8. The molecule has 4 atom stereocenters. The van der Waals surface area contributed by atoms with Crippen LogP contribution in [-0.4, -0.2) is 179 Å².